The van der Waals surface area contributed by atoms with Crippen LogP contribution >= 0.6 is 0 Å². The van der Waals surface area contributed by atoms with Crippen LogP contribution in [0.3, 0.4) is 0 Å². The lowest BCUT2D eigenvalue weighted by Crippen LogP contribution is -2.37. The van der Waals surface area contributed by atoms with Gasteiger partial charge in [-0.2, -0.15) is 5.10 Å². The fourth-order valence-electron chi connectivity index (χ4n) is 2.95. The van der Waals surface area contributed by atoms with Crippen molar-refractivity contribution in [2.24, 2.45) is 0 Å². The Balaban J connectivity index is 1.73. The van der Waals surface area contributed by atoms with Crippen LogP contribution in [0.25, 0.3) is 0 Å². The third kappa shape index (κ3) is 3.10. The van der Waals surface area contributed by atoms with Crippen LogP contribution in [0.4, 0.5) is 0 Å². The van der Waals surface area contributed by atoms with Crippen LogP contribution in [0.15, 0.2) is 30.3 Å². The molecule has 1 aromatic heterocycles. The van der Waals surface area contributed by atoms with Crippen molar-refractivity contribution in [3.05, 3.63) is 47.3 Å². The Hall–Kier alpha value is -1.81. The molecule has 0 saturated heterocycles. The highest BCUT2D eigenvalue weighted by atomic mass is 16.5. The highest BCUT2D eigenvalue weighted by Crippen LogP contribution is 2.23. The van der Waals surface area contributed by atoms with Gasteiger partial charge in [-0.05, 0) is 32.9 Å². The molecule has 21 heavy (non-hydrogen) atoms. The number of benzene rings is 1. The van der Waals surface area contributed by atoms with Crippen LogP contribution in [-0.4, -0.2) is 33.9 Å². The molecule has 0 amide bonds. The van der Waals surface area contributed by atoms with Gasteiger partial charge in [-0.25, -0.2) is 0 Å². The summed E-state index contributed by atoms with van der Waals surface area (Å²) in [6.07, 6.45) is 0. The number of ether oxygens (including phenoxy) is 1. The quantitative estimate of drug-likeness (QED) is 0.868. The van der Waals surface area contributed by atoms with Gasteiger partial charge in [-0.1, -0.05) is 18.2 Å². The summed E-state index contributed by atoms with van der Waals surface area (Å²) in [7, 11) is 0. The number of para-hydroxylation sites is 1. The lowest BCUT2D eigenvalue weighted by molar-refractivity contribution is 0.161. The van der Waals surface area contributed by atoms with Crippen molar-refractivity contribution in [2.75, 3.05) is 13.2 Å². The van der Waals surface area contributed by atoms with Crippen molar-refractivity contribution in [2.45, 2.75) is 39.9 Å². The third-order valence-electron chi connectivity index (χ3n) is 4.15. The van der Waals surface area contributed by atoms with Gasteiger partial charge in [0.15, 0.2) is 0 Å². The Bertz CT molecular complexity index is 620. The van der Waals surface area contributed by atoms with Gasteiger partial charge in [0.1, 0.15) is 12.4 Å². The fraction of sp³-hybridized carbons (Fsp3) is 0.471. The van der Waals surface area contributed by atoms with E-state index in [0.717, 1.165) is 37.7 Å². The molecule has 1 aromatic carbocycles. The first-order valence-electron chi connectivity index (χ1n) is 7.59. The highest BCUT2D eigenvalue weighted by molar-refractivity contribution is 5.33. The van der Waals surface area contributed by atoms with Gasteiger partial charge in [0.2, 0.25) is 0 Å². The molecule has 3 rings (SSSR count). The van der Waals surface area contributed by atoms with Crippen LogP contribution in [-0.2, 0) is 13.1 Å². The van der Waals surface area contributed by atoms with E-state index in [-0.39, 0.29) is 0 Å². The van der Waals surface area contributed by atoms with E-state index in [4.69, 9.17) is 4.74 Å². The van der Waals surface area contributed by atoms with Crippen LogP contribution in [0.5, 0.6) is 5.75 Å². The summed E-state index contributed by atoms with van der Waals surface area (Å²) < 4.78 is 7.95. The molecule has 0 fully saturated rings. The van der Waals surface area contributed by atoms with Crippen LogP contribution in [0.1, 0.15) is 23.9 Å². The maximum absolute atomic E-state index is 5.84. The van der Waals surface area contributed by atoms with E-state index < -0.39 is 0 Å². The Kier molecular flexibility index (Phi) is 3.97. The average Bonchev–Trinajstić information content (AvgIpc) is 2.67. The van der Waals surface area contributed by atoms with Gasteiger partial charge in [0, 0.05) is 30.4 Å². The number of hydrogen-bond acceptors (Lipinski definition) is 3. The second-order valence-corrected chi connectivity index (χ2v) is 5.88. The van der Waals surface area contributed by atoms with E-state index in [0.29, 0.717) is 6.04 Å². The van der Waals surface area contributed by atoms with Crippen LogP contribution in [0, 0.1) is 13.8 Å². The van der Waals surface area contributed by atoms with E-state index in [1.807, 2.05) is 13.0 Å². The Morgan fingerprint density at radius 2 is 2.10 bits per heavy atom. The summed E-state index contributed by atoms with van der Waals surface area (Å²) >= 11 is 0. The summed E-state index contributed by atoms with van der Waals surface area (Å²) in [5.74, 6) is 1.03. The van der Waals surface area contributed by atoms with E-state index in [2.05, 4.69) is 52.8 Å². The molecule has 112 valence electrons. The van der Waals surface area contributed by atoms with Crippen molar-refractivity contribution < 1.29 is 4.74 Å². The molecule has 4 heteroatoms. The molecule has 4 nitrogen and oxygen atoms in total. The van der Waals surface area contributed by atoms with Crippen molar-refractivity contribution in [3.63, 3.8) is 0 Å². The number of hydrogen-bond donors (Lipinski definition) is 0. The summed E-state index contributed by atoms with van der Waals surface area (Å²) in [5.41, 5.74) is 3.59. The van der Waals surface area contributed by atoms with Gasteiger partial charge >= 0.3 is 0 Å². The van der Waals surface area contributed by atoms with Gasteiger partial charge in [0.05, 0.1) is 12.2 Å². The van der Waals surface area contributed by atoms with Gasteiger partial charge in [-0.3, -0.25) is 9.58 Å². The van der Waals surface area contributed by atoms with Gasteiger partial charge in [0.25, 0.3) is 0 Å². The topological polar surface area (TPSA) is 30.3 Å². The molecule has 0 spiro atoms. The van der Waals surface area contributed by atoms with Crippen molar-refractivity contribution in [1.82, 2.24) is 14.7 Å². The summed E-state index contributed by atoms with van der Waals surface area (Å²) in [6.45, 7) is 9.99. The fourth-order valence-corrected chi connectivity index (χ4v) is 2.95. The van der Waals surface area contributed by atoms with E-state index in [1.54, 1.807) is 0 Å². The number of aryl methyl sites for hydroxylation is 2. The standard InChI is InChI=1S/C17H23N3O/c1-13-10-14(2)20(18-13)11-15(3)19-8-9-21-17-7-5-4-6-16(17)12-19/h4-7,10,15H,8-9,11-12H2,1-3H3. The zero-order valence-corrected chi connectivity index (χ0v) is 13.0. The Morgan fingerprint density at radius 1 is 1.29 bits per heavy atom. The molecular weight excluding hydrogens is 262 g/mol. The largest absolute Gasteiger partial charge is 0.492 e. The summed E-state index contributed by atoms with van der Waals surface area (Å²) in [4.78, 5) is 2.47. The second kappa shape index (κ2) is 5.90. The first-order valence-corrected chi connectivity index (χ1v) is 7.59. The van der Waals surface area contributed by atoms with Crippen molar-refractivity contribution >= 4 is 0 Å². The molecule has 1 aliphatic heterocycles. The smallest absolute Gasteiger partial charge is 0.123 e. The molecule has 0 bridgehead atoms. The minimum atomic E-state index is 0.428. The van der Waals surface area contributed by atoms with Gasteiger partial charge in [-0.15, -0.1) is 0 Å². The van der Waals surface area contributed by atoms with E-state index in [9.17, 15) is 0 Å². The van der Waals surface area contributed by atoms with Crippen LogP contribution in [0.2, 0.25) is 0 Å². The maximum Gasteiger partial charge on any atom is 0.123 e. The Labute approximate surface area is 126 Å². The minimum Gasteiger partial charge on any atom is -0.492 e. The first-order chi connectivity index (χ1) is 10.1. The summed E-state index contributed by atoms with van der Waals surface area (Å²) in [5, 5.41) is 4.57. The van der Waals surface area contributed by atoms with Crippen molar-refractivity contribution in [3.8, 4) is 5.75 Å². The molecule has 0 radical (unpaired) electrons. The van der Waals surface area contributed by atoms with E-state index in [1.165, 1.54) is 11.3 Å². The molecular formula is C17H23N3O. The number of nitrogens with zero attached hydrogens (tertiary/aromatic N) is 3. The predicted molar refractivity (Wildman–Crippen MR) is 83.5 cm³/mol. The number of fused-ring (bicyclic) bond motifs is 1. The number of aromatic nitrogens is 2. The molecule has 1 aliphatic rings. The highest BCUT2D eigenvalue weighted by Gasteiger charge is 2.20. The SMILES string of the molecule is Cc1cc(C)n(CC(C)N2CCOc3ccccc3C2)n1. The van der Waals surface area contributed by atoms with Crippen LogP contribution < -0.4 is 4.74 Å². The molecule has 2 heterocycles. The minimum absolute atomic E-state index is 0.428. The second-order valence-electron chi connectivity index (χ2n) is 5.88. The van der Waals surface area contributed by atoms with Crippen molar-refractivity contribution in [1.29, 1.82) is 0 Å². The molecule has 0 N–H and O–H groups in total. The molecule has 0 saturated carbocycles. The normalized spacial score (nSPS) is 16.9. The zero-order chi connectivity index (χ0) is 14.8. The lowest BCUT2D eigenvalue weighted by atomic mass is 10.1. The summed E-state index contributed by atoms with van der Waals surface area (Å²) in [6, 6.07) is 10.9. The molecule has 1 unspecified atom stereocenters. The molecule has 1 atom stereocenters. The first kappa shape index (κ1) is 14.1. The van der Waals surface area contributed by atoms with Gasteiger partial charge < -0.3 is 4.74 Å². The third-order valence-corrected chi connectivity index (χ3v) is 4.15. The molecule has 2 aromatic rings. The van der Waals surface area contributed by atoms with E-state index >= 15 is 0 Å². The maximum atomic E-state index is 5.84. The predicted octanol–water partition coefficient (Wildman–Crippen LogP) is 2.78. The zero-order valence-electron chi connectivity index (χ0n) is 13.0. The number of rotatable bonds is 3. The Morgan fingerprint density at radius 3 is 2.86 bits per heavy atom. The average molecular weight is 285 g/mol. The lowest BCUT2D eigenvalue weighted by Gasteiger charge is -2.27. The molecule has 0 aliphatic carbocycles. The monoisotopic (exact) mass is 285 g/mol.